The summed E-state index contributed by atoms with van der Waals surface area (Å²) in [6, 6.07) is 11.6. The molecule has 33 heavy (non-hydrogen) atoms. The number of halogens is 2. The Bertz CT molecular complexity index is 1170. The molecule has 1 heterocycles. The predicted octanol–water partition coefficient (Wildman–Crippen LogP) is 4.75. The van der Waals surface area contributed by atoms with E-state index in [1.165, 1.54) is 28.8 Å². The zero-order valence-corrected chi connectivity index (χ0v) is 20.5. The number of benzene rings is 2. The molecule has 0 aliphatic carbocycles. The van der Waals surface area contributed by atoms with Gasteiger partial charge in [-0.15, -0.1) is 0 Å². The highest BCUT2D eigenvalue weighted by Gasteiger charge is 2.17. The number of thioether (sulfide) groups is 1. The van der Waals surface area contributed by atoms with Crippen molar-refractivity contribution in [3.05, 3.63) is 69.2 Å². The molecule has 0 spiro atoms. The van der Waals surface area contributed by atoms with Gasteiger partial charge in [-0.1, -0.05) is 41.6 Å². The van der Waals surface area contributed by atoms with E-state index in [9.17, 15) is 14.0 Å². The lowest BCUT2D eigenvalue weighted by molar-refractivity contribution is -0.127. The smallest absolute Gasteiger partial charge is 0.262 e. The van der Waals surface area contributed by atoms with Crippen molar-refractivity contribution in [2.75, 3.05) is 19.4 Å². The van der Waals surface area contributed by atoms with E-state index in [1.807, 2.05) is 19.9 Å². The number of fused-ring (bicyclic) bond motifs is 1. The highest BCUT2D eigenvalue weighted by molar-refractivity contribution is 7.99. The molecule has 0 aliphatic heterocycles. The highest BCUT2D eigenvalue weighted by Crippen LogP contribution is 2.22. The summed E-state index contributed by atoms with van der Waals surface area (Å²) in [4.78, 5) is 31.9. The van der Waals surface area contributed by atoms with E-state index in [0.29, 0.717) is 35.6 Å². The van der Waals surface area contributed by atoms with Crippen LogP contribution in [0.5, 0.6) is 0 Å². The molecule has 0 fully saturated rings. The number of hydrogen-bond donors (Lipinski definition) is 0. The number of amides is 1. The second kappa shape index (κ2) is 11.6. The van der Waals surface area contributed by atoms with Crippen LogP contribution in [0.1, 0.15) is 25.8 Å². The molecule has 0 unspecified atom stereocenters. The van der Waals surface area contributed by atoms with Crippen molar-refractivity contribution < 1.29 is 13.9 Å². The standard InChI is InChI=1S/C24H27ClFN3O3S/c1-16(2)32-13-7-12-29-23(31)17-8-4-5-11-21(17)27-24(29)33-15-22(30)28(3)14-18-19(25)9-6-10-20(18)26/h4-6,8-11,16H,7,12-15H2,1-3H3. The summed E-state index contributed by atoms with van der Waals surface area (Å²) in [6.45, 7) is 4.92. The third-order valence-corrected chi connectivity index (χ3v) is 6.33. The van der Waals surface area contributed by atoms with Crippen molar-refractivity contribution in [3.63, 3.8) is 0 Å². The van der Waals surface area contributed by atoms with E-state index in [-0.39, 0.29) is 40.5 Å². The molecule has 0 N–H and O–H groups in total. The Morgan fingerprint density at radius 1 is 1.24 bits per heavy atom. The fourth-order valence-electron chi connectivity index (χ4n) is 3.24. The largest absolute Gasteiger partial charge is 0.379 e. The molecule has 9 heteroatoms. The van der Waals surface area contributed by atoms with Crippen molar-refractivity contribution in [2.24, 2.45) is 0 Å². The Balaban J connectivity index is 1.75. The lowest BCUT2D eigenvalue weighted by atomic mass is 10.2. The van der Waals surface area contributed by atoms with E-state index in [4.69, 9.17) is 16.3 Å². The molecule has 0 atom stereocenters. The number of rotatable bonds is 10. The normalized spacial score (nSPS) is 11.3. The summed E-state index contributed by atoms with van der Waals surface area (Å²) in [7, 11) is 1.59. The van der Waals surface area contributed by atoms with Crippen LogP contribution >= 0.6 is 23.4 Å². The van der Waals surface area contributed by atoms with Crippen LogP contribution in [-0.4, -0.2) is 45.9 Å². The molecular formula is C24H27ClFN3O3S. The molecule has 6 nitrogen and oxygen atoms in total. The maximum absolute atomic E-state index is 14.1. The summed E-state index contributed by atoms with van der Waals surface area (Å²) >= 11 is 7.27. The van der Waals surface area contributed by atoms with Crippen molar-refractivity contribution in [1.29, 1.82) is 0 Å². The number of ether oxygens (including phenoxy) is 1. The Hall–Kier alpha value is -2.42. The van der Waals surface area contributed by atoms with Crippen molar-refractivity contribution in [1.82, 2.24) is 14.5 Å². The van der Waals surface area contributed by atoms with Crippen LogP contribution in [0.3, 0.4) is 0 Å². The quantitative estimate of drug-likeness (QED) is 0.232. The average Bonchev–Trinajstić information content (AvgIpc) is 2.78. The van der Waals surface area contributed by atoms with Gasteiger partial charge in [-0.3, -0.25) is 14.2 Å². The lowest BCUT2D eigenvalue weighted by Gasteiger charge is -2.19. The zero-order valence-electron chi connectivity index (χ0n) is 18.9. The summed E-state index contributed by atoms with van der Waals surface area (Å²) in [6.07, 6.45) is 0.757. The second-order valence-corrected chi connectivity index (χ2v) is 9.23. The van der Waals surface area contributed by atoms with E-state index in [0.717, 1.165) is 0 Å². The topological polar surface area (TPSA) is 64.4 Å². The minimum atomic E-state index is -0.455. The fourth-order valence-corrected chi connectivity index (χ4v) is 4.43. The molecule has 0 radical (unpaired) electrons. The molecule has 3 rings (SSSR count). The fraction of sp³-hybridized carbons (Fsp3) is 0.375. The molecule has 176 valence electrons. The molecule has 1 amide bonds. The number of aromatic nitrogens is 2. The first-order chi connectivity index (χ1) is 15.8. The molecular weight excluding hydrogens is 465 g/mol. The Labute approximate surface area is 201 Å². The Morgan fingerprint density at radius 3 is 2.73 bits per heavy atom. The van der Waals surface area contributed by atoms with Crippen LogP contribution in [0.15, 0.2) is 52.4 Å². The third kappa shape index (κ3) is 6.56. The molecule has 0 saturated heterocycles. The SMILES string of the molecule is CC(C)OCCCn1c(SCC(=O)N(C)Cc2c(F)cccc2Cl)nc2ccccc2c1=O. The molecule has 2 aromatic carbocycles. The van der Waals surface area contributed by atoms with Gasteiger partial charge in [0.05, 0.1) is 22.8 Å². The van der Waals surface area contributed by atoms with E-state index < -0.39 is 5.82 Å². The molecule has 1 aromatic heterocycles. The van der Waals surface area contributed by atoms with Crippen molar-refractivity contribution in [3.8, 4) is 0 Å². The van der Waals surface area contributed by atoms with Gasteiger partial charge in [0.1, 0.15) is 5.82 Å². The summed E-state index contributed by atoms with van der Waals surface area (Å²) in [5.74, 6) is -0.629. The number of nitrogens with zero attached hydrogens (tertiary/aromatic N) is 3. The maximum Gasteiger partial charge on any atom is 0.262 e. The summed E-state index contributed by atoms with van der Waals surface area (Å²) in [5, 5.41) is 1.27. The van der Waals surface area contributed by atoms with Crippen LogP contribution in [0, 0.1) is 5.82 Å². The number of carbonyl (C=O) groups is 1. The van der Waals surface area contributed by atoms with Crippen LogP contribution in [-0.2, 0) is 22.6 Å². The van der Waals surface area contributed by atoms with Crippen LogP contribution in [0.25, 0.3) is 10.9 Å². The first-order valence-electron chi connectivity index (χ1n) is 10.7. The van der Waals surface area contributed by atoms with Gasteiger partial charge in [0.2, 0.25) is 5.91 Å². The van der Waals surface area contributed by atoms with E-state index >= 15 is 0 Å². The lowest BCUT2D eigenvalue weighted by Crippen LogP contribution is -2.29. The Morgan fingerprint density at radius 2 is 2.00 bits per heavy atom. The number of para-hydroxylation sites is 1. The van der Waals surface area contributed by atoms with Gasteiger partial charge in [-0.25, -0.2) is 9.37 Å². The first kappa shape index (κ1) is 25.2. The van der Waals surface area contributed by atoms with Gasteiger partial charge in [-0.2, -0.15) is 0 Å². The van der Waals surface area contributed by atoms with E-state index in [1.54, 1.807) is 35.9 Å². The van der Waals surface area contributed by atoms with Gasteiger partial charge in [-0.05, 0) is 44.5 Å². The Kier molecular flexibility index (Phi) is 8.88. The average molecular weight is 492 g/mol. The molecule has 0 bridgehead atoms. The maximum atomic E-state index is 14.1. The van der Waals surface area contributed by atoms with Gasteiger partial charge in [0.15, 0.2) is 5.16 Å². The molecule has 0 aliphatic rings. The highest BCUT2D eigenvalue weighted by atomic mass is 35.5. The minimum absolute atomic E-state index is 0.0510. The van der Waals surface area contributed by atoms with Crippen molar-refractivity contribution >= 4 is 40.2 Å². The first-order valence-corrected chi connectivity index (χ1v) is 12.0. The van der Waals surface area contributed by atoms with Crippen LogP contribution < -0.4 is 5.56 Å². The summed E-state index contributed by atoms with van der Waals surface area (Å²) in [5.41, 5.74) is 0.705. The minimum Gasteiger partial charge on any atom is -0.379 e. The van der Waals surface area contributed by atoms with Gasteiger partial charge in [0, 0.05) is 37.3 Å². The third-order valence-electron chi connectivity index (χ3n) is 5.01. The molecule has 3 aromatic rings. The van der Waals surface area contributed by atoms with E-state index in [2.05, 4.69) is 4.98 Å². The van der Waals surface area contributed by atoms with Gasteiger partial charge < -0.3 is 9.64 Å². The van der Waals surface area contributed by atoms with Gasteiger partial charge >= 0.3 is 0 Å². The van der Waals surface area contributed by atoms with Crippen LogP contribution in [0.2, 0.25) is 5.02 Å². The van der Waals surface area contributed by atoms with Crippen molar-refractivity contribution in [2.45, 2.75) is 44.6 Å². The summed E-state index contributed by atoms with van der Waals surface area (Å²) < 4.78 is 21.3. The zero-order chi connectivity index (χ0) is 24.0. The predicted molar refractivity (Wildman–Crippen MR) is 130 cm³/mol. The van der Waals surface area contributed by atoms with Gasteiger partial charge in [0.25, 0.3) is 5.56 Å². The second-order valence-electron chi connectivity index (χ2n) is 7.88. The van der Waals surface area contributed by atoms with Crippen LogP contribution in [0.4, 0.5) is 4.39 Å². The number of carbonyl (C=O) groups excluding carboxylic acids is 1. The monoisotopic (exact) mass is 491 g/mol. The molecule has 0 saturated carbocycles. The number of hydrogen-bond acceptors (Lipinski definition) is 5.